The smallest absolute Gasteiger partial charge is 0.260 e. The molecule has 1 N–H and O–H groups in total. The van der Waals surface area contributed by atoms with Crippen LogP contribution in [0.2, 0.25) is 0 Å². The molecule has 11 heteroatoms. The third kappa shape index (κ3) is 5.41. The Bertz CT molecular complexity index is 1610. The number of anilines is 3. The minimum absolute atomic E-state index is 0.161. The summed E-state index contributed by atoms with van der Waals surface area (Å²) in [6.45, 7) is 1.54. The Hall–Kier alpha value is -3.99. The molecule has 0 saturated heterocycles. The first-order chi connectivity index (χ1) is 17.6. The number of ether oxygens (including phenoxy) is 1. The maximum atomic E-state index is 15.8. The zero-order valence-corrected chi connectivity index (χ0v) is 21.4. The molecule has 8 nitrogen and oxygen atoms in total. The lowest BCUT2D eigenvalue weighted by Gasteiger charge is -2.26. The van der Waals surface area contributed by atoms with Crippen LogP contribution >= 0.6 is 0 Å². The minimum atomic E-state index is -3.94. The summed E-state index contributed by atoms with van der Waals surface area (Å²) in [6, 6.07) is 13.3. The second kappa shape index (κ2) is 10.6. The third-order valence-electron chi connectivity index (χ3n) is 5.81. The number of methoxy groups -OCH3 is 1. The largest absolute Gasteiger partial charge is 0.497 e. The number of nitrogens with one attached hydrogen (secondary N) is 1. The number of halogens is 2. The average Bonchev–Trinajstić information content (AvgIpc) is 2.88. The van der Waals surface area contributed by atoms with E-state index in [1.165, 1.54) is 30.1 Å². The van der Waals surface area contributed by atoms with E-state index >= 15 is 4.39 Å². The van der Waals surface area contributed by atoms with E-state index in [-0.39, 0.29) is 34.6 Å². The van der Waals surface area contributed by atoms with Gasteiger partial charge in [0.2, 0.25) is 10.0 Å². The standard InChI is InChI=1S/C26H26F2N4O4S/c1-4-13-37(34,35)32(15-17-5-8-19(36-3)9-6-17)23-12-10-21(27)25(24(23)28)30-18-7-11-22-20(14-18)26(33)31(2)16-29-22/h5-12,14,16,30H,4,13,15H2,1-3H3. The Morgan fingerprint density at radius 1 is 1.08 bits per heavy atom. The maximum Gasteiger partial charge on any atom is 0.260 e. The van der Waals surface area contributed by atoms with Gasteiger partial charge in [0.15, 0.2) is 5.82 Å². The van der Waals surface area contributed by atoms with Crippen molar-refractivity contribution in [3.05, 3.63) is 88.5 Å². The number of rotatable bonds is 9. The lowest BCUT2D eigenvalue weighted by Crippen LogP contribution is -2.33. The van der Waals surface area contributed by atoms with Crippen LogP contribution in [0.4, 0.5) is 25.8 Å². The van der Waals surface area contributed by atoms with E-state index in [1.54, 1.807) is 44.3 Å². The first kappa shape index (κ1) is 26.1. The fourth-order valence-corrected chi connectivity index (χ4v) is 5.40. The minimum Gasteiger partial charge on any atom is -0.497 e. The van der Waals surface area contributed by atoms with Gasteiger partial charge in [-0.2, -0.15) is 0 Å². The predicted molar refractivity (Wildman–Crippen MR) is 140 cm³/mol. The van der Waals surface area contributed by atoms with E-state index in [0.717, 1.165) is 16.4 Å². The van der Waals surface area contributed by atoms with Gasteiger partial charge in [-0.15, -0.1) is 0 Å². The van der Waals surface area contributed by atoms with Gasteiger partial charge in [0.1, 0.15) is 17.3 Å². The molecule has 0 atom stereocenters. The van der Waals surface area contributed by atoms with Crippen LogP contribution in [0.25, 0.3) is 10.9 Å². The van der Waals surface area contributed by atoms with Crippen LogP contribution in [0.3, 0.4) is 0 Å². The quantitative estimate of drug-likeness (QED) is 0.338. The first-order valence-corrected chi connectivity index (χ1v) is 13.1. The second-order valence-corrected chi connectivity index (χ2v) is 10.5. The molecule has 0 unspecified atom stereocenters. The molecule has 37 heavy (non-hydrogen) atoms. The molecule has 1 heterocycles. The van der Waals surface area contributed by atoms with Crippen LogP contribution in [0, 0.1) is 11.6 Å². The van der Waals surface area contributed by atoms with Crippen molar-refractivity contribution in [3.8, 4) is 5.75 Å². The summed E-state index contributed by atoms with van der Waals surface area (Å²) < 4.78 is 64.3. The lowest BCUT2D eigenvalue weighted by molar-refractivity contribution is 0.414. The average molecular weight is 529 g/mol. The van der Waals surface area contributed by atoms with Crippen LogP contribution in [-0.2, 0) is 23.6 Å². The van der Waals surface area contributed by atoms with Gasteiger partial charge in [0.05, 0.1) is 42.3 Å². The molecule has 4 rings (SSSR count). The fourth-order valence-electron chi connectivity index (χ4n) is 3.88. The molecule has 0 radical (unpaired) electrons. The number of fused-ring (bicyclic) bond motifs is 1. The molecule has 0 aliphatic rings. The van der Waals surface area contributed by atoms with Crippen molar-refractivity contribution in [2.45, 2.75) is 19.9 Å². The molecule has 194 valence electrons. The van der Waals surface area contributed by atoms with Gasteiger partial charge >= 0.3 is 0 Å². The Labute approximate surface area is 213 Å². The monoisotopic (exact) mass is 528 g/mol. The van der Waals surface area contributed by atoms with Crippen molar-refractivity contribution in [2.24, 2.45) is 7.05 Å². The summed E-state index contributed by atoms with van der Waals surface area (Å²) >= 11 is 0. The number of aryl methyl sites for hydroxylation is 1. The van der Waals surface area contributed by atoms with E-state index in [1.807, 2.05) is 0 Å². The zero-order chi connectivity index (χ0) is 26.7. The van der Waals surface area contributed by atoms with Crippen molar-refractivity contribution in [2.75, 3.05) is 22.5 Å². The number of hydrogen-bond donors (Lipinski definition) is 1. The molecule has 0 spiro atoms. The highest BCUT2D eigenvalue weighted by atomic mass is 32.2. The van der Waals surface area contributed by atoms with Crippen LogP contribution in [0.15, 0.2) is 65.7 Å². The maximum absolute atomic E-state index is 15.8. The van der Waals surface area contributed by atoms with Gasteiger partial charge in [-0.05, 0) is 54.4 Å². The molecule has 4 aromatic rings. The highest BCUT2D eigenvalue weighted by Crippen LogP contribution is 2.34. The molecule has 0 amide bonds. The summed E-state index contributed by atoms with van der Waals surface area (Å²) in [7, 11) is -0.883. The topological polar surface area (TPSA) is 93.5 Å². The zero-order valence-electron chi connectivity index (χ0n) is 20.5. The Morgan fingerprint density at radius 3 is 2.49 bits per heavy atom. The second-order valence-electron chi connectivity index (χ2n) is 8.44. The number of sulfonamides is 1. The van der Waals surface area contributed by atoms with Gasteiger partial charge < -0.3 is 14.6 Å². The van der Waals surface area contributed by atoms with Crippen molar-refractivity contribution < 1.29 is 21.9 Å². The van der Waals surface area contributed by atoms with Gasteiger partial charge in [-0.25, -0.2) is 22.2 Å². The summed E-state index contributed by atoms with van der Waals surface area (Å²) in [4.78, 5) is 16.6. The SMILES string of the molecule is CCCS(=O)(=O)N(Cc1ccc(OC)cc1)c1ccc(F)c(Nc2ccc3ncn(C)c(=O)c3c2)c1F. The van der Waals surface area contributed by atoms with Crippen molar-refractivity contribution in [3.63, 3.8) is 0 Å². The van der Waals surface area contributed by atoms with E-state index in [2.05, 4.69) is 10.3 Å². The van der Waals surface area contributed by atoms with Crippen LogP contribution in [0.1, 0.15) is 18.9 Å². The Balaban J connectivity index is 1.77. The molecule has 0 saturated carbocycles. The molecule has 0 bridgehead atoms. The molecule has 1 aromatic heterocycles. The van der Waals surface area contributed by atoms with E-state index < -0.39 is 27.3 Å². The normalized spacial score (nSPS) is 11.5. The highest BCUT2D eigenvalue weighted by Gasteiger charge is 2.27. The third-order valence-corrected chi connectivity index (χ3v) is 7.73. The van der Waals surface area contributed by atoms with Gasteiger partial charge in [0.25, 0.3) is 5.56 Å². The van der Waals surface area contributed by atoms with Gasteiger partial charge in [-0.1, -0.05) is 19.1 Å². The van der Waals surface area contributed by atoms with Crippen molar-refractivity contribution >= 4 is 38.0 Å². The molecule has 3 aromatic carbocycles. The summed E-state index contributed by atoms with van der Waals surface area (Å²) in [6.07, 6.45) is 1.70. The van der Waals surface area contributed by atoms with Gasteiger partial charge in [0, 0.05) is 12.7 Å². The number of nitrogens with zero attached hydrogens (tertiary/aromatic N) is 3. The summed E-state index contributed by atoms with van der Waals surface area (Å²) in [5, 5.41) is 2.94. The van der Waals surface area contributed by atoms with Crippen molar-refractivity contribution in [1.29, 1.82) is 0 Å². The lowest BCUT2D eigenvalue weighted by atomic mass is 10.2. The van der Waals surface area contributed by atoms with Crippen LogP contribution in [-0.4, -0.2) is 30.8 Å². The van der Waals surface area contributed by atoms with Crippen molar-refractivity contribution in [1.82, 2.24) is 9.55 Å². The fraction of sp³-hybridized carbons (Fsp3) is 0.231. The van der Waals surface area contributed by atoms with E-state index in [0.29, 0.717) is 23.3 Å². The Kier molecular flexibility index (Phi) is 7.44. The van der Waals surface area contributed by atoms with Crippen LogP contribution < -0.4 is 19.9 Å². The molecule has 0 aliphatic heterocycles. The van der Waals surface area contributed by atoms with E-state index in [4.69, 9.17) is 4.74 Å². The first-order valence-electron chi connectivity index (χ1n) is 11.5. The van der Waals surface area contributed by atoms with E-state index in [9.17, 15) is 17.6 Å². The number of aromatic nitrogens is 2. The number of hydrogen-bond acceptors (Lipinski definition) is 6. The summed E-state index contributed by atoms with van der Waals surface area (Å²) in [5.74, 6) is -1.62. The Morgan fingerprint density at radius 2 is 1.81 bits per heavy atom. The molecule has 0 aliphatic carbocycles. The molecule has 0 fully saturated rings. The molecular formula is C26H26F2N4O4S. The number of benzene rings is 3. The van der Waals surface area contributed by atoms with Gasteiger partial charge in [-0.3, -0.25) is 9.10 Å². The predicted octanol–water partition coefficient (Wildman–Crippen LogP) is 4.71. The highest BCUT2D eigenvalue weighted by molar-refractivity contribution is 7.92. The summed E-state index contributed by atoms with van der Waals surface area (Å²) in [5.41, 5.74) is 0.108. The van der Waals surface area contributed by atoms with Crippen LogP contribution in [0.5, 0.6) is 5.75 Å². The molecular weight excluding hydrogens is 502 g/mol.